The van der Waals surface area contributed by atoms with E-state index >= 15 is 0 Å². The lowest BCUT2D eigenvalue weighted by molar-refractivity contribution is 0.170. The third-order valence-corrected chi connectivity index (χ3v) is 5.77. The third kappa shape index (κ3) is 4.66. The second-order valence-electron chi connectivity index (χ2n) is 5.31. The van der Waals surface area contributed by atoms with E-state index in [4.69, 9.17) is 16.3 Å². The highest BCUT2D eigenvalue weighted by Crippen LogP contribution is 2.45. The van der Waals surface area contributed by atoms with Gasteiger partial charge in [-0.05, 0) is 74.9 Å². The van der Waals surface area contributed by atoms with Crippen molar-refractivity contribution in [1.82, 2.24) is 0 Å². The fourth-order valence-corrected chi connectivity index (χ4v) is 4.03. The number of hydrogen-bond donors (Lipinski definition) is 0. The Morgan fingerprint density at radius 2 is 1.50 bits per heavy atom. The van der Waals surface area contributed by atoms with Crippen LogP contribution < -0.4 is 0 Å². The molecule has 0 N–H and O–H groups in total. The van der Waals surface area contributed by atoms with Crippen molar-refractivity contribution in [3.05, 3.63) is 58.7 Å². The Bertz CT molecular complexity index is 915. The zero-order valence-electron chi connectivity index (χ0n) is 13.0. The van der Waals surface area contributed by atoms with Crippen molar-refractivity contribution >= 4 is 77.3 Å². The van der Waals surface area contributed by atoms with Crippen LogP contribution in [0.25, 0.3) is 11.1 Å². The van der Waals surface area contributed by atoms with Crippen LogP contribution >= 0.6 is 71.9 Å². The number of rotatable bonds is 2. The van der Waals surface area contributed by atoms with E-state index in [0.717, 1.165) is 33.4 Å². The standard InChI is InChI=1S/C19H9ClI2O2S2/c20-19(23)24-11-18-14-3-1-12(5-7-25-21)9-16(14)17-10-13(6-8-26-22)2-4-15(17)18/h1-4,9-10,18H,11H2. The van der Waals surface area contributed by atoms with Gasteiger partial charge in [0.05, 0.1) is 0 Å². The molecule has 0 unspecified atom stereocenters. The molecule has 0 aliphatic heterocycles. The molecular formula is C19H9ClI2O2S2. The molecule has 0 saturated heterocycles. The number of halogens is 3. The van der Waals surface area contributed by atoms with Gasteiger partial charge in [0.15, 0.2) is 0 Å². The van der Waals surface area contributed by atoms with Crippen molar-refractivity contribution in [3.63, 3.8) is 0 Å². The average Bonchev–Trinajstić information content (AvgIpc) is 2.95. The predicted octanol–water partition coefficient (Wildman–Crippen LogP) is 6.96. The molecule has 0 aromatic heterocycles. The minimum atomic E-state index is -0.789. The molecule has 1 aliphatic rings. The summed E-state index contributed by atoms with van der Waals surface area (Å²) in [6, 6.07) is 12.3. The monoisotopic (exact) mass is 622 g/mol. The van der Waals surface area contributed by atoms with Gasteiger partial charge in [0, 0.05) is 71.1 Å². The van der Waals surface area contributed by atoms with Gasteiger partial charge in [-0.15, -0.1) is 0 Å². The smallest absolute Gasteiger partial charge is 0.403 e. The predicted molar refractivity (Wildman–Crippen MR) is 128 cm³/mol. The lowest BCUT2D eigenvalue weighted by Gasteiger charge is -2.12. The second-order valence-corrected chi connectivity index (χ2v) is 8.98. The molecule has 130 valence electrons. The highest BCUT2D eigenvalue weighted by atomic mass is 127. The first-order valence-corrected chi connectivity index (χ1v) is 14.4. The molecule has 0 amide bonds. The first-order valence-electron chi connectivity index (χ1n) is 7.31. The highest BCUT2D eigenvalue weighted by Gasteiger charge is 2.30. The summed E-state index contributed by atoms with van der Waals surface area (Å²) < 4.78 is 5.09. The summed E-state index contributed by atoms with van der Waals surface area (Å²) in [5.41, 5.74) is 5.54. The molecule has 2 nitrogen and oxygen atoms in total. The summed E-state index contributed by atoms with van der Waals surface area (Å²) in [4.78, 5) is 11.1. The molecule has 0 spiro atoms. The Balaban J connectivity index is 2.10. The van der Waals surface area contributed by atoms with Gasteiger partial charge in [-0.3, -0.25) is 0 Å². The normalized spacial score (nSPS) is 11.5. The summed E-state index contributed by atoms with van der Waals surface area (Å²) in [7, 11) is 2.91. The molecule has 3 rings (SSSR count). The molecule has 0 fully saturated rings. The number of carbonyl (C=O) groups excluding carboxylic acids is 1. The average molecular weight is 623 g/mol. The fourth-order valence-electron chi connectivity index (χ4n) is 2.99. The molecule has 7 heteroatoms. The Kier molecular flexibility index (Phi) is 7.47. The Morgan fingerprint density at radius 1 is 1.00 bits per heavy atom. The molecule has 0 radical (unpaired) electrons. The van der Waals surface area contributed by atoms with Gasteiger partial charge in [0.2, 0.25) is 0 Å². The third-order valence-electron chi connectivity index (χ3n) is 3.98. The minimum Gasteiger partial charge on any atom is -0.453 e. The van der Waals surface area contributed by atoms with Crippen molar-refractivity contribution in [3.8, 4) is 33.5 Å². The largest absolute Gasteiger partial charge is 0.453 e. The van der Waals surface area contributed by atoms with Gasteiger partial charge in [0.25, 0.3) is 0 Å². The summed E-state index contributed by atoms with van der Waals surface area (Å²) >= 11 is 9.68. The van der Waals surface area contributed by atoms with Crippen LogP contribution in [0.15, 0.2) is 36.4 Å². The molecule has 2 aromatic carbocycles. The van der Waals surface area contributed by atoms with Crippen molar-refractivity contribution in [2.24, 2.45) is 0 Å². The van der Waals surface area contributed by atoms with Crippen molar-refractivity contribution < 1.29 is 9.53 Å². The topological polar surface area (TPSA) is 26.3 Å². The number of ether oxygens (including phenoxy) is 1. The van der Waals surface area contributed by atoms with Crippen LogP contribution in [0.3, 0.4) is 0 Å². The lowest BCUT2D eigenvalue weighted by Crippen LogP contribution is -2.08. The molecule has 26 heavy (non-hydrogen) atoms. The molecule has 0 atom stereocenters. The summed E-state index contributed by atoms with van der Waals surface area (Å²) in [5, 5.41) is 6.02. The number of hydrogen-bond acceptors (Lipinski definition) is 4. The maximum absolute atomic E-state index is 11.1. The van der Waals surface area contributed by atoms with Crippen LogP contribution in [0, 0.1) is 22.3 Å². The van der Waals surface area contributed by atoms with E-state index < -0.39 is 5.43 Å². The van der Waals surface area contributed by atoms with Crippen molar-refractivity contribution in [2.45, 2.75) is 5.92 Å². The van der Waals surface area contributed by atoms with Gasteiger partial charge in [-0.1, -0.05) is 24.0 Å². The molecule has 0 saturated carbocycles. The Labute approximate surface area is 189 Å². The van der Waals surface area contributed by atoms with Crippen LogP contribution in [-0.2, 0) is 4.74 Å². The maximum atomic E-state index is 11.1. The molecular weight excluding hydrogens is 614 g/mol. The van der Waals surface area contributed by atoms with E-state index in [1.807, 2.05) is 12.1 Å². The van der Waals surface area contributed by atoms with E-state index in [9.17, 15) is 4.79 Å². The quantitative estimate of drug-likeness (QED) is 0.206. The van der Waals surface area contributed by atoms with Gasteiger partial charge in [-0.2, -0.15) is 0 Å². The first kappa shape index (κ1) is 20.2. The molecule has 1 aliphatic carbocycles. The number of fused-ring (bicyclic) bond motifs is 3. The van der Waals surface area contributed by atoms with Gasteiger partial charge in [0.1, 0.15) is 6.61 Å². The van der Waals surface area contributed by atoms with Crippen LogP contribution in [0.4, 0.5) is 4.79 Å². The molecule has 2 aromatic rings. The fraction of sp³-hybridized carbons (Fsp3) is 0.105. The summed E-state index contributed by atoms with van der Waals surface area (Å²) in [6.07, 6.45) is 0. The second kappa shape index (κ2) is 9.61. The van der Waals surface area contributed by atoms with E-state index in [-0.39, 0.29) is 12.5 Å². The van der Waals surface area contributed by atoms with E-state index in [0.29, 0.717) is 0 Å². The summed E-state index contributed by atoms with van der Waals surface area (Å²) in [6.45, 7) is 0.214. The molecule has 0 heterocycles. The Morgan fingerprint density at radius 3 is 1.92 bits per heavy atom. The van der Waals surface area contributed by atoms with E-state index in [2.05, 4.69) is 89.0 Å². The van der Waals surface area contributed by atoms with Crippen LogP contribution in [0.2, 0.25) is 0 Å². The van der Waals surface area contributed by atoms with Crippen LogP contribution in [0.5, 0.6) is 0 Å². The van der Waals surface area contributed by atoms with Crippen LogP contribution in [-0.4, -0.2) is 12.0 Å². The van der Waals surface area contributed by atoms with E-state index in [1.165, 1.54) is 17.9 Å². The number of benzene rings is 2. The van der Waals surface area contributed by atoms with Crippen LogP contribution in [0.1, 0.15) is 28.2 Å². The molecule has 0 bridgehead atoms. The summed E-state index contributed by atoms with van der Waals surface area (Å²) in [5.74, 6) is 6.23. The SMILES string of the molecule is O=C(Cl)OCC1c2ccc(C#CSI)cc2-c2cc(C#CSI)ccc21. The van der Waals surface area contributed by atoms with Crippen molar-refractivity contribution in [1.29, 1.82) is 0 Å². The Hall–Kier alpha value is -0.520. The zero-order chi connectivity index (χ0) is 18.5. The minimum absolute atomic E-state index is 0.0374. The van der Waals surface area contributed by atoms with Gasteiger partial charge in [-0.25, -0.2) is 4.79 Å². The van der Waals surface area contributed by atoms with Gasteiger partial charge < -0.3 is 4.74 Å². The zero-order valence-corrected chi connectivity index (χ0v) is 19.7. The lowest BCUT2D eigenvalue weighted by atomic mass is 9.97. The number of carbonyl (C=O) groups is 1. The van der Waals surface area contributed by atoms with E-state index in [1.54, 1.807) is 0 Å². The maximum Gasteiger partial charge on any atom is 0.403 e. The highest BCUT2D eigenvalue weighted by molar-refractivity contribution is 14.2. The van der Waals surface area contributed by atoms with Crippen molar-refractivity contribution in [2.75, 3.05) is 6.61 Å². The van der Waals surface area contributed by atoms with Gasteiger partial charge >= 0.3 is 5.43 Å². The first-order chi connectivity index (χ1) is 12.6.